The van der Waals surface area contributed by atoms with E-state index in [1.807, 2.05) is 64.1 Å². The summed E-state index contributed by atoms with van der Waals surface area (Å²) in [5.74, 6) is 1.15. The van der Waals surface area contributed by atoms with Gasteiger partial charge in [-0.15, -0.1) is 0 Å². The summed E-state index contributed by atoms with van der Waals surface area (Å²) in [5, 5.41) is 7.88. The first-order valence-corrected chi connectivity index (χ1v) is 14.5. The van der Waals surface area contributed by atoms with Gasteiger partial charge in [-0.05, 0) is 83.7 Å². The number of nitrogens with zero attached hydrogens (tertiary/aromatic N) is 3. The number of benzene rings is 3. The molecule has 0 aliphatic heterocycles. The van der Waals surface area contributed by atoms with Crippen molar-refractivity contribution in [3.8, 4) is 11.5 Å². The van der Waals surface area contributed by atoms with E-state index in [0.29, 0.717) is 44.9 Å². The van der Waals surface area contributed by atoms with Gasteiger partial charge in [0.1, 0.15) is 5.82 Å². The third-order valence-corrected chi connectivity index (χ3v) is 7.39. The standard InChI is InChI=1S/C30H30Br2N4O4/c1-5-18(3)29-35-25-12-11-21(31)15-22(25)30(38)36(29)33-16-20-13-23(32)28(26(14-20)39-6-2)40-17-27(37)34-24-10-8-7-9-19(24)4/h7-16,18H,5-6,17H2,1-4H3,(H,34,37)/t18-/m0/s1. The molecular weight excluding hydrogens is 640 g/mol. The Balaban J connectivity index is 1.63. The summed E-state index contributed by atoms with van der Waals surface area (Å²) in [7, 11) is 0. The van der Waals surface area contributed by atoms with Crippen LogP contribution in [0.15, 0.2) is 73.4 Å². The number of hydrogen-bond acceptors (Lipinski definition) is 6. The van der Waals surface area contributed by atoms with Crippen LogP contribution in [-0.2, 0) is 4.79 Å². The highest BCUT2D eigenvalue weighted by Crippen LogP contribution is 2.36. The Hall–Kier alpha value is -3.50. The number of aromatic nitrogens is 2. The number of rotatable bonds is 10. The topological polar surface area (TPSA) is 94.8 Å². The molecule has 1 amide bonds. The van der Waals surface area contributed by atoms with E-state index in [1.165, 1.54) is 4.68 Å². The molecule has 40 heavy (non-hydrogen) atoms. The maximum absolute atomic E-state index is 13.4. The Bertz CT molecular complexity index is 1630. The molecule has 0 bridgehead atoms. The lowest BCUT2D eigenvalue weighted by atomic mass is 10.1. The second kappa shape index (κ2) is 13.2. The third kappa shape index (κ3) is 6.79. The Morgan fingerprint density at radius 3 is 2.62 bits per heavy atom. The van der Waals surface area contributed by atoms with Gasteiger partial charge < -0.3 is 14.8 Å². The largest absolute Gasteiger partial charge is 0.490 e. The van der Waals surface area contributed by atoms with Gasteiger partial charge in [0.2, 0.25) is 0 Å². The van der Waals surface area contributed by atoms with E-state index < -0.39 is 0 Å². The number of carbonyl (C=O) groups is 1. The highest BCUT2D eigenvalue weighted by Gasteiger charge is 2.17. The minimum atomic E-state index is -0.290. The summed E-state index contributed by atoms with van der Waals surface area (Å²) >= 11 is 6.98. The monoisotopic (exact) mass is 668 g/mol. The number of ether oxygens (including phenoxy) is 2. The summed E-state index contributed by atoms with van der Waals surface area (Å²) in [6.07, 6.45) is 2.38. The molecule has 8 nitrogen and oxygen atoms in total. The summed E-state index contributed by atoms with van der Waals surface area (Å²) in [6, 6.07) is 16.5. The van der Waals surface area contributed by atoms with E-state index in [-0.39, 0.29) is 24.0 Å². The van der Waals surface area contributed by atoms with Crippen molar-refractivity contribution in [2.75, 3.05) is 18.5 Å². The zero-order valence-electron chi connectivity index (χ0n) is 22.7. The smallest absolute Gasteiger partial charge is 0.282 e. The van der Waals surface area contributed by atoms with Crippen LogP contribution in [0, 0.1) is 6.92 Å². The van der Waals surface area contributed by atoms with Crippen molar-refractivity contribution in [2.24, 2.45) is 5.10 Å². The number of halogens is 2. The Kier molecular flexibility index (Phi) is 9.76. The fraction of sp³-hybridized carbons (Fsp3) is 0.267. The van der Waals surface area contributed by atoms with E-state index in [4.69, 9.17) is 14.5 Å². The van der Waals surface area contributed by atoms with Crippen molar-refractivity contribution < 1.29 is 14.3 Å². The molecule has 4 rings (SSSR count). The number of fused-ring (bicyclic) bond motifs is 1. The Morgan fingerprint density at radius 1 is 1.12 bits per heavy atom. The van der Waals surface area contributed by atoms with E-state index in [1.54, 1.807) is 24.4 Å². The summed E-state index contributed by atoms with van der Waals surface area (Å²) in [4.78, 5) is 30.7. The van der Waals surface area contributed by atoms with Gasteiger partial charge in [0.15, 0.2) is 18.1 Å². The minimum Gasteiger partial charge on any atom is -0.490 e. The van der Waals surface area contributed by atoms with Crippen LogP contribution in [0.3, 0.4) is 0 Å². The number of amides is 1. The lowest BCUT2D eigenvalue weighted by Crippen LogP contribution is -2.23. The second-order valence-corrected chi connectivity index (χ2v) is 11.0. The van der Waals surface area contributed by atoms with Crippen LogP contribution in [0.4, 0.5) is 5.69 Å². The van der Waals surface area contributed by atoms with Crippen LogP contribution in [-0.4, -0.2) is 35.0 Å². The predicted octanol–water partition coefficient (Wildman–Crippen LogP) is 7.04. The molecule has 1 heterocycles. The number of aryl methyl sites for hydroxylation is 1. The molecule has 4 aromatic rings. The van der Waals surface area contributed by atoms with Crippen LogP contribution >= 0.6 is 31.9 Å². The van der Waals surface area contributed by atoms with Crippen LogP contribution < -0.4 is 20.3 Å². The van der Waals surface area contributed by atoms with Crippen molar-refractivity contribution in [1.29, 1.82) is 0 Å². The molecule has 0 fully saturated rings. The molecule has 0 aliphatic rings. The summed E-state index contributed by atoms with van der Waals surface area (Å²) < 4.78 is 14.4. The molecule has 1 N–H and O–H groups in total. The fourth-order valence-corrected chi connectivity index (χ4v) is 4.94. The van der Waals surface area contributed by atoms with Gasteiger partial charge in [0.25, 0.3) is 11.5 Å². The molecule has 0 unspecified atom stereocenters. The summed E-state index contributed by atoms with van der Waals surface area (Å²) in [5.41, 5.74) is 2.74. The maximum atomic E-state index is 13.4. The molecule has 0 saturated carbocycles. The number of para-hydroxylation sites is 1. The molecule has 208 valence electrons. The molecule has 0 aliphatic carbocycles. The average Bonchev–Trinajstić information content (AvgIpc) is 2.93. The van der Waals surface area contributed by atoms with Gasteiger partial charge >= 0.3 is 0 Å². The number of hydrogen-bond donors (Lipinski definition) is 1. The highest BCUT2D eigenvalue weighted by molar-refractivity contribution is 9.10. The van der Waals surface area contributed by atoms with Gasteiger partial charge in [-0.2, -0.15) is 9.78 Å². The quantitative estimate of drug-likeness (QED) is 0.183. The van der Waals surface area contributed by atoms with E-state index >= 15 is 0 Å². The third-order valence-electron chi connectivity index (χ3n) is 6.31. The second-order valence-electron chi connectivity index (χ2n) is 9.22. The van der Waals surface area contributed by atoms with Gasteiger partial charge in [0.05, 0.1) is 28.2 Å². The van der Waals surface area contributed by atoms with Gasteiger partial charge in [0, 0.05) is 16.1 Å². The molecule has 0 radical (unpaired) electrons. The minimum absolute atomic E-state index is 0.0187. The van der Waals surface area contributed by atoms with Gasteiger partial charge in [-0.1, -0.05) is 48.0 Å². The molecule has 0 spiro atoms. The van der Waals surface area contributed by atoms with Crippen molar-refractivity contribution in [3.63, 3.8) is 0 Å². The Morgan fingerprint density at radius 2 is 1.90 bits per heavy atom. The number of carbonyl (C=O) groups excluding carboxylic acids is 1. The predicted molar refractivity (Wildman–Crippen MR) is 166 cm³/mol. The van der Waals surface area contributed by atoms with Crippen molar-refractivity contribution in [1.82, 2.24) is 9.66 Å². The zero-order valence-corrected chi connectivity index (χ0v) is 25.9. The number of anilines is 1. The summed E-state index contributed by atoms with van der Waals surface area (Å²) in [6.45, 7) is 8.03. The van der Waals surface area contributed by atoms with E-state index in [9.17, 15) is 9.59 Å². The lowest BCUT2D eigenvalue weighted by Gasteiger charge is -2.15. The normalized spacial score (nSPS) is 12.1. The van der Waals surface area contributed by atoms with Gasteiger partial charge in [-0.25, -0.2) is 4.98 Å². The first-order valence-electron chi connectivity index (χ1n) is 12.9. The van der Waals surface area contributed by atoms with Crippen molar-refractivity contribution >= 4 is 60.6 Å². The first-order chi connectivity index (χ1) is 19.2. The Labute approximate surface area is 249 Å². The lowest BCUT2D eigenvalue weighted by molar-refractivity contribution is -0.118. The SMILES string of the molecule is CCOc1cc(C=Nn2c([C@@H](C)CC)nc3ccc(Br)cc3c2=O)cc(Br)c1OCC(=O)Nc1ccccc1C. The maximum Gasteiger partial charge on any atom is 0.282 e. The fourth-order valence-electron chi connectivity index (χ4n) is 4.01. The average molecular weight is 670 g/mol. The molecule has 10 heteroatoms. The van der Waals surface area contributed by atoms with Crippen LogP contribution in [0.25, 0.3) is 10.9 Å². The van der Waals surface area contributed by atoms with Gasteiger partial charge in [-0.3, -0.25) is 9.59 Å². The van der Waals surface area contributed by atoms with Crippen LogP contribution in [0.1, 0.15) is 50.1 Å². The zero-order chi connectivity index (χ0) is 28.8. The van der Waals surface area contributed by atoms with Crippen molar-refractivity contribution in [2.45, 2.75) is 40.0 Å². The van der Waals surface area contributed by atoms with Crippen LogP contribution in [0.5, 0.6) is 11.5 Å². The van der Waals surface area contributed by atoms with E-state index in [2.05, 4.69) is 42.3 Å². The van der Waals surface area contributed by atoms with E-state index in [0.717, 1.165) is 22.1 Å². The first kappa shape index (κ1) is 29.5. The molecule has 1 aromatic heterocycles. The molecule has 0 saturated heterocycles. The number of nitrogens with one attached hydrogen (secondary N) is 1. The molecule has 3 aromatic carbocycles. The molecular formula is C30H30Br2N4O4. The van der Waals surface area contributed by atoms with Crippen molar-refractivity contribution in [3.05, 3.63) is 90.8 Å². The highest BCUT2D eigenvalue weighted by atomic mass is 79.9. The van der Waals surface area contributed by atoms with Crippen LogP contribution in [0.2, 0.25) is 0 Å². The molecule has 1 atom stereocenters.